The fourth-order valence-electron chi connectivity index (χ4n) is 6.23. The van der Waals surface area contributed by atoms with Crippen LogP contribution in [0.2, 0.25) is 18.6 Å². The highest BCUT2D eigenvalue weighted by Gasteiger charge is 2.44. The highest BCUT2D eigenvalue weighted by Crippen LogP contribution is 2.52. The first kappa shape index (κ1) is 24.0. The van der Waals surface area contributed by atoms with Gasteiger partial charge in [-0.15, -0.1) is 0 Å². The molecule has 2 aliphatic rings. The number of allylic oxidation sites excluding steroid dienone is 5. The third-order valence-electron chi connectivity index (χ3n) is 7.99. The number of hydrogen-bond acceptors (Lipinski definition) is 0. The Morgan fingerprint density at radius 2 is 1.58 bits per heavy atom. The Labute approximate surface area is 203 Å². The van der Waals surface area contributed by atoms with Crippen LogP contribution in [0.5, 0.6) is 0 Å². The van der Waals surface area contributed by atoms with E-state index in [0.717, 1.165) is 0 Å². The first-order valence-corrected chi connectivity index (χ1v) is 16.0. The maximum atomic E-state index is 2.64. The van der Waals surface area contributed by atoms with Crippen molar-refractivity contribution in [3.63, 3.8) is 0 Å². The summed E-state index contributed by atoms with van der Waals surface area (Å²) >= 11 is 0. The topological polar surface area (TPSA) is 0 Å². The van der Waals surface area contributed by atoms with Crippen LogP contribution in [0.25, 0.3) is 17.2 Å². The van der Waals surface area contributed by atoms with Gasteiger partial charge in [-0.05, 0) is 65.5 Å². The smallest absolute Gasteiger partial charge is 0.0714 e. The molecule has 0 heterocycles. The van der Waals surface area contributed by atoms with Gasteiger partial charge >= 0.3 is 0 Å². The van der Waals surface area contributed by atoms with E-state index in [0.29, 0.717) is 11.1 Å². The Bertz CT molecular complexity index is 1120. The summed E-state index contributed by atoms with van der Waals surface area (Å²) in [5.41, 5.74) is 13.3. The van der Waals surface area contributed by atoms with Gasteiger partial charge in [-0.2, -0.15) is 0 Å². The lowest BCUT2D eigenvalue weighted by Gasteiger charge is -2.37. The third kappa shape index (κ3) is 4.49. The number of hydrogen-bond donors (Lipinski definition) is 0. The zero-order valence-corrected chi connectivity index (χ0v) is 23.0. The Morgan fingerprint density at radius 1 is 0.879 bits per heavy atom. The fraction of sp³-hybridized carbons (Fsp3) is 0.438. The Hall–Kier alpha value is -2.12. The van der Waals surface area contributed by atoms with Crippen molar-refractivity contribution in [2.24, 2.45) is 0 Å². The van der Waals surface area contributed by atoms with Crippen LogP contribution in [-0.2, 0) is 5.41 Å². The molecule has 1 heteroatoms. The van der Waals surface area contributed by atoms with Crippen molar-refractivity contribution in [2.45, 2.75) is 90.4 Å². The van der Waals surface area contributed by atoms with Crippen LogP contribution in [0.15, 0.2) is 71.3 Å². The summed E-state index contributed by atoms with van der Waals surface area (Å²) < 4.78 is 0. The molecule has 0 amide bonds. The lowest BCUT2D eigenvalue weighted by molar-refractivity contribution is 0.590. The molecule has 2 unspecified atom stereocenters. The first-order chi connectivity index (χ1) is 15.5. The van der Waals surface area contributed by atoms with E-state index in [1.54, 1.807) is 22.3 Å². The van der Waals surface area contributed by atoms with E-state index < -0.39 is 8.07 Å². The van der Waals surface area contributed by atoms with Crippen LogP contribution in [0, 0.1) is 0 Å². The van der Waals surface area contributed by atoms with Crippen molar-refractivity contribution >= 4 is 14.1 Å². The van der Waals surface area contributed by atoms with E-state index in [1.807, 2.05) is 0 Å². The molecule has 33 heavy (non-hydrogen) atoms. The molecular weight excluding hydrogens is 412 g/mol. The predicted octanol–water partition coefficient (Wildman–Crippen LogP) is 9.85. The predicted molar refractivity (Wildman–Crippen MR) is 150 cm³/mol. The molecule has 0 radical (unpaired) electrons. The second kappa shape index (κ2) is 8.91. The third-order valence-corrected chi connectivity index (χ3v) is 12.5. The summed E-state index contributed by atoms with van der Waals surface area (Å²) in [6.07, 6.45) is 11.4. The van der Waals surface area contributed by atoms with Gasteiger partial charge in [0.05, 0.1) is 8.07 Å². The van der Waals surface area contributed by atoms with Gasteiger partial charge in [0.15, 0.2) is 0 Å². The molecule has 2 aromatic carbocycles. The summed E-state index contributed by atoms with van der Waals surface area (Å²) in [5.74, 6) is 0. The summed E-state index contributed by atoms with van der Waals surface area (Å²) in [5, 5.41) is 0. The molecule has 0 fully saturated rings. The molecule has 0 bridgehead atoms. The van der Waals surface area contributed by atoms with Crippen LogP contribution >= 0.6 is 0 Å². The van der Waals surface area contributed by atoms with E-state index in [9.17, 15) is 0 Å². The minimum absolute atomic E-state index is 0.185. The molecule has 0 N–H and O–H groups in total. The molecule has 4 rings (SSSR count). The molecule has 2 aromatic rings. The van der Waals surface area contributed by atoms with E-state index in [-0.39, 0.29) is 5.41 Å². The van der Waals surface area contributed by atoms with Crippen molar-refractivity contribution in [3.05, 3.63) is 88.0 Å². The van der Waals surface area contributed by atoms with E-state index in [4.69, 9.17) is 0 Å². The van der Waals surface area contributed by atoms with Crippen molar-refractivity contribution in [1.82, 2.24) is 0 Å². The van der Waals surface area contributed by atoms with E-state index in [2.05, 4.69) is 115 Å². The molecular formula is C32H42Si. The van der Waals surface area contributed by atoms with Gasteiger partial charge in [0.2, 0.25) is 0 Å². The van der Waals surface area contributed by atoms with Crippen LogP contribution < -0.4 is 0 Å². The van der Waals surface area contributed by atoms with Gasteiger partial charge in [0.25, 0.3) is 0 Å². The minimum Gasteiger partial charge on any atom is -0.0768 e. The van der Waals surface area contributed by atoms with Gasteiger partial charge < -0.3 is 0 Å². The average Bonchev–Trinajstić information content (AvgIpc) is 3.31. The van der Waals surface area contributed by atoms with Gasteiger partial charge in [0, 0.05) is 5.54 Å². The molecule has 0 nitrogen and oxygen atoms in total. The zero-order valence-electron chi connectivity index (χ0n) is 22.0. The largest absolute Gasteiger partial charge is 0.0768 e. The molecule has 2 aliphatic carbocycles. The number of rotatable bonds is 6. The van der Waals surface area contributed by atoms with Crippen molar-refractivity contribution < 1.29 is 0 Å². The summed E-state index contributed by atoms with van der Waals surface area (Å²) in [7, 11) is -1.67. The van der Waals surface area contributed by atoms with Gasteiger partial charge in [-0.1, -0.05) is 125 Å². The second-order valence-corrected chi connectivity index (χ2v) is 16.8. The first-order valence-electron chi connectivity index (χ1n) is 12.8. The van der Waals surface area contributed by atoms with Crippen molar-refractivity contribution in [2.75, 3.05) is 0 Å². The van der Waals surface area contributed by atoms with Crippen LogP contribution in [0.4, 0.5) is 0 Å². The normalized spacial score (nSPS) is 20.4. The average molecular weight is 455 g/mol. The van der Waals surface area contributed by atoms with Gasteiger partial charge in [-0.3, -0.25) is 0 Å². The summed E-state index contributed by atoms with van der Waals surface area (Å²) in [6.45, 7) is 19.1. The molecule has 0 aromatic heterocycles. The molecule has 0 aliphatic heterocycles. The molecule has 0 saturated carbocycles. The standard InChI is InChI=1S/C32H42Si/c1-9-10-12-24-19-22(2)30(21-24)33(7,8)31-23(3)20-29-27(13-11-14-28(29)31)25-15-17-26(18-16-25)32(4,5)6/h11,13-21,30-31H,9-10,12H2,1-8H3. The highest BCUT2D eigenvalue weighted by molar-refractivity contribution is 6.82. The van der Waals surface area contributed by atoms with Crippen molar-refractivity contribution in [3.8, 4) is 11.1 Å². The molecule has 174 valence electrons. The minimum atomic E-state index is -1.67. The number of unbranched alkanes of at least 4 members (excludes halogenated alkanes) is 1. The highest BCUT2D eigenvalue weighted by atomic mass is 28.3. The summed E-state index contributed by atoms with van der Waals surface area (Å²) in [4.78, 5) is 0. The summed E-state index contributed by atoms with van der Waals surface area (Å²) in [6, 6.07) is 16.3. The lowest BCUT2D eigenvalue weighted by Crippen LogP contribution is -2.39. The van der Waals surface area contributed by atoms with Gasteiger partial charge in [-0.25, -0.2) is 0 Å². The number of fused-ring (bicyclic) bond motifs is 1. The Balaban J connectivity index is 1.70. The van der Waals surface area contributed by atoms with Gasteiger partial charge in [0.1, 0.15) is 0 Å². The van der Waals surface area contributed by atoms with Crippen LogP contribution in [-0.4, -0.2) is 8.07 Å². The Morgan fingerprint density at radius 3 is 2.21 bits per heavy atom. The maximum absolute atomic E-state index is 2.64. The fourth-order valence-corrected chi connectivity index (χ4v) is 10.8. The van der Waals surface area contributed by atoms with E-state index in [1.165, 1.54) is 41.5 Å². The monoisotopic (exact) mass is 454 g/mol. The van der Waals surface area contributed by atoms with E-state index >= 15 is 0 Å². The van der Waals surface area contributed by atoms with Crippen LogP contribution in [0.1, 0.15) is 83.0 Å². The maximum Gasteiger partial charge on any atom is 0.0714 e. The van der Waals surface area contributed by atoms with Crippen molar-refractivity contribution in [1.29, 1.82) is 0 Å². The molecule has 0 saturated heterocycles. The lowest BCUT2D eigenvalue weighted by atomic mass is 9.86. The van der Waals surface area contributed by atoms with Crippen LogP contribution in [0.3, 0.4) is 0 Å². The Kier molecular flexibility index (Phi) is 6.48. The SMILES string of the molecule is CCCCC1=CC([Si](C)(C)C2C(C)=Cc3c(-c4ccc(C(C)(C)C)cc4)cccc32)C(C)=C1. The molecule has 2 atom stereocenters. The molecule has 0 spiro atoms. The quantitative estimate of drug-likeness (QED) is 0.381. The number of benzene rings is 2. The zero-order chi connectivity index (χ0) is 24.0. The second-order valence-electron chi connectivity index (χ2n) is 12.0.